The molecule has 0 aliphatic heterocycles. The van der Waals surface area contributed by atoms with Crippen LogP contribution in [0.3, 0.4) is 0 Å². The highest BCUT2D eigenvalue weighted by atomic mass is 79.9. The van der Waals surface area contributed by atoms with Gasteiger partial charge in [-0.05, 0) is 33.6 Å². The second-order valence-corrected chi connectivity index (χ2v) is 4.93. The molecule has 0 aliphatic carbocycles. The molecule has 0 bridgehead atoms. The molecule has 0 radical (unpaired) electrons. The maximum Gasteiger partial charge on any atom is 0.411 e. The molecule has 0 fully saturated rings. The van der Waals surface area contributed by atoms with Gasteiger partial charge >= 0.3 is 12.1 Å². The molecule has 100 valence electrons. The molecule has 0 spiro atoms. The highest BCUT2D eigenvalue weighted by Gasteiger charge is 2.54. The van der Waals surface area contributed by atoms with Crippen LogP contribution in [0.1, 0.15) is 12.0 Å². The lowest BCUT2D eigenvalue weighted by Crippen LogP contribution is -2.51. The molecule has 0 aliphatic rings. The van der Waals surface area contributed by atoms with Crippen molar-refractivity contribution in [1.29, 1.82) is 0 Å². The van der Waals surface area contributed by atoms with Gasteiger partial charge in [-0.15, -0.1) is 0 Å². The van der Waals surface area contributed by atoms with Gasteiger partial charge < -0.3 is 10.8 Å². The van der Waals surface area contributed by atoms with Crippen molar-refractivity contribution in [1.82, 2.24) is 0 Å². The summed E-state index contributed by atoms with van der Waals surface area (Å²) in [4.78, 5) is 10.6. The van der Waals surface area contributed by atoms with Crippen LogP contribution in [0, 0.1) is 0 Å². The first-order valence-corrected chi connectivity index (χ1v) is 5.78. The van der Waals surface area contributed by atoms with E-state index in [2.05, 4.69) is 15.9 Å². The molecule has 1 aromatic rings. The summed E-state index contributed by atoms with van der Waals surface area (Å²) in [7, 11) is 0. The van der Waals surface area contributed by atoms with E-state index in [0.29, 0.717) is 4.47 Å². The molecule has 1 aromatic carbocycles. The van der Waals surface area contributed by atoms with Crippen LogP contribution in [0.4, 0.5) is 13.2 Å². The van der Waals surface area contributed by atoms with Gasteiger partial charge in [0.25, 0.3) is 0 Å². The van der Waals surface area contributed by atoms with Crippen LogP contribution in [0.25, 0.3) is 0 Å². The molecule has 1 rings (SSSR count). The van der Waals surface area contributed by atoms with Gasteiger partial charge in [-0.1, -0.05) is 17.7 Å². The Bertz CT molecular complexity index is 481. The molecule has 1 atom stereocenters. The smallest absolute Gasteiger partial charge is 0.411 e. The molecule has 3 nitrogen and oxygen atoms in total. The van der Waals surface area contributed by atoms with E-state index in [1.54, 1.807) is 0 Å². The molecule has 18 heavy (non-hydrogen) atoms. The SMILES string of the molecule is NC(CC(=O)O)(c1ccc(Br)c(Cl)c1)C(F)(F)F. The van der Waals surface area contributed by atoms with E-state index in [9.17, 15) is 18.0 Å². The molecular weight excluding hydrogens is 338 g/mol. The van der Waals surface area contributed by atoms with E-state index in [1.165, 1.54) is 6.07 Å². The first kappa shape index (κ1) is 15.3. The largest absolute Gasteiger partial charge is 0.481 e. The zero-order valence-corrected chi connectivity index (χ0v) is 11.1. The van der Waals surface area contributed by atoms with Crippen LogP contribution in [0.5, 0.6) is 0 Å². The summed E-state index contributed by atoms with van der Waals surface area (Å²) in [6.07, 6.45) is -6.17. The van der Waals surface area contributed by atoms with Crippen LogP contribution < -0.4 is 5.73 Å². The third kappa shape index (κ3) is 2.96. The van der Waals surface area contributed by atoms with Crippen molar-refractivity contribution in [3.63, 3.8) is 0 Å². The number of hydrogen-bond acceptors (Lipinski definition) is 2. The van der Waals surface area contributed by atoms with E-state index in [1.807, 2.05) is 0 Å². The normalized spacial score (nSPS) is 15.2. The Morgan fingerprint density at radius 3 is 2.39 bits per heavy atom. The summed E-state index contributed by atoms with van der Waals surface area (Å²) in [6, 6.07) is 3.38. The van der Waals surface area contributed by atoms with E-state index < -0.39 is 29.7 Å². The maximum atomic E-state index is 12.9. The van der Waals surface area contributed by atoms with Crippen molar-refractivity contribution in [2.24, 2.45) is 5.73 Å². The molecule has 0 saturated heterocycles. The molecule has 3 N–H and O–H groups in total. The number of carboxylic acids is 1. The first-order chi connectivity index (χ1) is 8.08. The monoisotopic (exact) mass is 345 g/mol. The fourth-order valence-corrected chi connectivity index (χ4v) is 1.81. The number of benzene rings is 1. The van der Waals surface area contributed by atoms with Crippen LogP contribution in [0.2, 0.25) is 5.02 Å². The number of alkyl halides is 3. The Labute approximate surface area is 114 Å². The van der Waals surface area contributed by atoms with Crippen LogP contribution in [0.15, 0.2) is 22.7 Å². The molecule has 0 heterocycles. The topological polar surface area (TPSA) is 63.3 Å². The average Bonchev–Trinajstić information content (AvgIpc) is 2.19. The molecular formula is C10H8BrClF3NO2. The van der Waals surface area contributed by atoms with Gasteiger partial charge in [0.05, 0.1) is 11.4 Å². The standard InChI is InChI=1S/C10H8BrClF3NO2/c11-6-2-1-5(3-7(6)12)9(16,4-8(17)18)10(13,14)15/h1-3H,4,16H2,(H,17,18). The fraction of sp³-hybridized carbons (Fsp3) is 0.300. The van der Waals surface area contributed by atoms with Crippen LogP contribution in [-0.2, 0) is 10.3 Å². The number of aliphatic carboxylic acids is 1. The zero-order valence-electron chi connectivity index (χ0n) is 8.76. The molecule has 8 heteroatoms. The Kier molecular flexibility index (Phi) is 4.30. The minimum atomic E-state index is -4.90. The van der Waals surface area contributed by atoms with Crippen LogP contribution >= 0.6 is 27.5 Å². The highest BCUT2D eigenvalue weighted by Crippen LogP contribution is 2.41. The predicted octanol–water partition coefficient (Wildman–Crippen LogP) is 3.29. The fourth-order valence-electron chi connectivity index (χ4n) is 1.38. The van der Waals surface area contributed by atoms with Gasteiger partial charge in [0.1, 0.15) is 5.54 Å². The number of halogens is 5. The minimum absolute atomic E-state index is 0.0250. The van der Waals surface area contributed by atoms with Crippen molar-refractivity contribution < 1.29 is 23.1 Å². The lowest BCUT2D eigenvalue weighted by molar-refractivity contribution is -0.196. The van der Waals surface area contributed by atoms with E-state index >= 15 is 0 Å². The van der Waals surface area contributed by atoms with Gasteiger partial charge in [-0.3, -0.25) is 4.79 Å². The third-order valence-corrected chi connectivity index (χ3v) is 3.60. The summed E-state index contributed by atoms with van der Waals surface area (Å²) >= 11 is 8.72. The van der Waals surface area contributed by atoms with Gasteiger partial charge in [0.2, 0.25) is 0 Å². The average molecular weight is 347 g/mol. The number of carbonyl (C=O) groups is 1. The Balaban J connectivity index is 3.34. The second-order valence-electron chi connectivity index (χ2n) is 3.67. The van der Waals surface area contributed by atoms with Gasteiger partial charge in [-0.25, -0.2) is 0 Å². The molecule has 0 saturated carbocycles. The number of nitrogens with two attached hydrogens (primary N) is 1. The lowest BCUT2D eigenvalue weighted by Gasteiger charge is -2.31. The number of carboxylic acid groups (broad SMARTS) is 1. The van der Waals surface area contributed by atoms with Crippen molar-refractivity contribution in [3.05, 3.63) is 33.3 Å². The van der Waals surface area contributed by atoms with E-state index in [4.69, 9.17) is 22.4 Å². The summed E-state index contributed by atoms with van der Waals surface area (Å²) in [5.74, 6) is -1.64. The zero-order chi connectivity index (χ0) is 14.1. The summed E-state index contributed by atoms with van der Waals surface area (Å²) in [5.41, 5.74) is 1.87. The molecule has 0 amide bonds. The molecule has 0 aromatic heterocycles. The summed E-state index contributed by atoms with van der Waals surface area (Å²) < 4.78 is 39.2. The van der Waals surface area contributed by atoms with Crippen molar-refractivity contribution in [3.8, 4) is 0 Å². The van der Waals surface area contributed by atoms with Gasteiger partial charge in [-0.2, -0.15) is 13.2 Å². The Morgan fingerprint density at radius 1 is 1.44 bits per heavy atom. The number of hydrogen-bond donors (Lipinski definition) is 2. The van der Waals surface area contributed by atoms with Crippen molar-refractivity contribution in [2.75, 3.05) is 0 Å². The number of rotatable bonds is 3. The molecule has 1 unspecified atom stereocenters. The maximum absolute atomic E-state index is 12.9. The van der Waals surface area contributed by atoms with Crippen molar-refractivity contribution >= 4 is 33.5 Å². The third-order valence-electron chi connectivity index (χ3n) is 2.37. The van der Waals surface area contributed by atoms with E-state index in [-0.39, 0.29) is 5.02 Å². The van der Waals surface area contributed by atoms with Gasteiger partial charge in [0, 0.05) is 4.47 Å². The second kappa shape index (κ2) is 5.07. The summed E-state index contributed by atoms with van der Waals surface area (Å²) in [5, 5.41) is 8.60. The Morgan fingerprint density at radius 2 is 2.00 bits per heavy atom. The lowest BCUT2D eigenvalue weighted by atomic mass is 9.87. The highest BCUT2D eigenvalue weighted by molar-refractivity contribution is 9.10. The van der Waals surface area contributed by atoms with Gasteiger partial charge in [0.15, 0.2) is 0 Å². The van der Waals surface area contributed by atoms with E-state index in [0.717, 1.165) is 12.1 Å². The summed E-state index contributed by atoms with van der Waals surface area (Å²) in [6.45, 7) is 0. The quantitative estimate of drug-likeness (QED) is 0.883. The van der Waals surface area contributed by atoms with Crippen LogP contribution in [-0.4, -0.2) is 17.3 Å². The Hall–Kier alpha value is -0.790. The predicted molar refractivity (Wildman–Crippen MR) is 63.3 cm³/mol. The van der Waals surface area contributed by atoms with Crippen molar-refractivity contribution in [2.45, 2.75) is 18.1 Å². The minimum Gasteiger partial charge on any atom is -0.481 e. The first-order valence-electron chi connectivity index (χ1n) is 4.61.